The number of aromatic nitrogens is 2. The largest absolute Gasteiger partial charge is 0.507 e. The van der Waals surface area contributed by atoms with Gasteiger partial charge in [0.05, 0.1) is 11.6 Å². The highest BCUT2D eigenvalue weighted by Crippen LogP contribution is 2.44. The van der Waals surface area contributed by atoms with Crippen molar-refractivity contribution in [3.05, 3.63) is 74.2 Å². The van der Waals surface area contributed by atoms with Gasteiger partial charge in [0.2, 0.25) is 5.13 Å². The van der Waals surface area contributed by atoms with Gasteiger partial charge in [-0.2, -0.15) is 0 Å². The third-order valence-electron chi connectivity index (χ3n) is 5.50. The number of fused-ring (bicyclic) bond motifs is 1. The van der Waals surface area contributed by atoms with Crippen molar-refractivity contribution in [2.24, 2.45) is 0 Å². The molecule has 7 nitrogen and oxygen atoms in total. The number of rotatable bonds is 3. The Balaban J connectivity index is 1.69. The normalized spacial score (nSPS) is 21.7. The zero-order valence-electron chi connectivity index (χ0n) is 17.2. The minimum atomic E-state index is -0.830. The summed E-state index contributed by atoms with van der Waals surface area (Å²) in [6.45, 7) is 3.75. The summed E-state index contributed by atoms with van der Waals surface area (Å²) >= 11 is 4.67. The molecular formula is C23H18BrN3O4S. The summed E-state index contributed by atoms with van der Waals surface area (Å²) in [4.78, 5) is 27.6. The third kappa shape index (κ3) is 3.41. The fourth-order valence-corrected chi connectivity index (χ4v) is 5.26. The van der Waals surface area contributed by atoms with Gasteiger partial charge < -0.3 is 9.84 Å². The molecule has 2 aliphatic rings. The molecule has 1 amide bonds. The molecule has 2 atom stereocenters. The van der Waals surface area contributed by atoms with Gasteiger partial charge >= 0.3 is 5.91 Å². The number of ether oxygens (including phenoxy) is 1. The van der Waals surface area contributed by atoms with Gasteiger partial charge in [0.1, 0.15) is 22.6 Å². The number of anilines is 1. The third-order valence-corrected chi connectivity index (χ3v) is 6.83. The maximum Gasteiger partial charge on any atom is 0.301 e. The van der Waals surface area contributed by atoms with Gasteiger partial charge in [-0.05, 0) is 55.3 Å². The molecule has 162 valence electrons. The van der Waals surface area contributed by atoms with E-state index in [1.807, 2.05) is 37.3 Å². The predicted octanol–water partition coefficient (Wildman–Crippen LogP) is 4.56. The highest BCUT2D eigenvalue weighted by molar-refractivity contribution is 9.10. The van der Waals surface area contributed by atoms with E-state index >= 15 is 0 Å². The second kappa shape index (κ2) is 7.83. The average molecular weight is 512 g/mol. The summed E-state index contributed by atoms with van der Waals surface area (Å²) in [5.41, 5.74) is 2.11. The van der Waals surface area contributed by atoms with E-state index in [4.69, 9.17) is 4.74 Å². The molecule has 0 spiro atoms. The number of benzene rings is 2. The van der Waals surface area contributed by atoms with Crippen molar-refractivity contribution in [1.82, 2.24) is 10.2 Å². The summed E-state index contributed by atoms with van der Waals surface area (Å²) in [5, 5.41) is 20.3. The molecule has 1 fully saturated rings. The molecular weight excluding hydrogens is 494 g/mol. The van der Waals surface area contributed by atoms with E-state index in [1.165, 1.54) is 16.2 Å². The molecule has 0 bridgehead atoms. The molecule has 32 heavy (non-hydrogen) atoms. The first-order valence-corrected chi connectivity index (χ1v) is 11.6. The Hall–Kier alpha value is -3.04. The number of hydrogen-bond acceptors (Lipinski definition) is 7. The number of aliphatic hydroxyl groups is 1. The number of amides is 1. The minimum Gasteiger partial charge on any atom is -0.507 e. The summed E-state index contributed by atoms with van der Waals surface area (Å²) in [7, 11) is 0. The zero-order valence-corrected chi connectivity index (χ0v) is 19.6. The minimum absolute atomic E-state index is 0.0212. The van der Waals surface area contributed by atoms with E-state index in [0.717, 1.165) is 15.8 Å². The Kier molecular flexibility index (Phi) is 5.10. The van der Waals surface area contributed by atoms with Crippen LogP contribution < -0.4 is 9.64 Å². The molecule has 3 aromatic rings. The highest BCUT2D eigenvalue weighted by atomic mass is 79.9. The molecule has 1 N–H and O–H groups in total. The lowest BCUT2D eigenvalue weighted by Crippen LogP contribution is -2.29. The van der Waals surface area contributed by atoms with Crippen LogP contribution in [0.4, 0.5) is 5.13 Å². The smallest absolute Gasteiger partial charge is 0.301 e. The van der Waals surface area contributed by atoms with Crippen LogP contribution in [-0.4, -0.2) is 33.1 Å². The molecule has 0 aliphatic carbocycles. The van der Waals surface area contributed by atoms with Gasteiger partial charge in [-0.1, -0.05) is 39.4 Å². The number of ketones is 1. The van der Waals surface area contributed by atoms with Crippen molar-refractivity contribution in [3.63, 3.8) is 0 Å². The maximum absolute atomic E-state index is 13.2. The Morgan fingerprint density at radius 3 is 2.75 bits per heavy atom. The molecule has 2 aliphatic heterocycles. The molecule has 0 radical (unpaired) electrons. The number of nitrogens with zero attached hydrogens (tertiary/aromatic N) is 3. The van der Waals surface area contributed by atoms with E-state index in [2.05, 4.69) is 26.1 Å². The van der Waals surface area contributed by atoms with Gasteiger partial charge in [0.25, 0.3) is 5.78 Å². The second-order valence-electron chi connectivity index (χ2n) is 7.78. The van der Waals surface area contributed by atoms with Crippen LogP contribution in [0.3, 0.4) is 0 Å². The fourth-order valence-electron chi connectivity index (χ4n) is 4.13. The summed E-state index contributed by atoms with van der Waals surface area (Å²) in [5.74, 6) is -0.960. The SMILES string of the molecule is Cc1nnc(N2C(=O)C(=O)/C(=C(\O)c3ccc4c(c3)CC(C)O4)C2c2cccc(Br)c2)s1. The van der Waals surface area contributed by atoms with E-state index < -0.39 is 17.7 Å². The molecule has 2 aromatic carbocycles. The Morgan fingerprint density at radius 1 is 1.22 bits per heavy atom. The summed E-state index contributed by atoms with van der Waals surface area (Å²) in [6.07, 6.45) is 0.763. The van der Waals surface area contributed by atoms with Gasteiger partial charge in [-0.15, -0.1) is 10.2 Å². The fraction of sp³-hybridized carbons (Fsp3) is 0.217. The van der Waals surface area contributed by atoms with E-state index in [0.29, 0.717) is 27.7 Å². The number of Topliss-reactive ketones (excluding diaryl/α,β-unsaturated/α-hetero) is 1. The number of aliphatic hydroxyl groups excluding tert-OH is 1. The Bertz CT molecular complexity index is 1300. The topological polar surface area (TPSA) is 92.6 Å². The standard InChI is InChI=1S/C23H18BrN3O4S/c1-11-8-15-9-14(6-7-17(15)31-11)20(28)18-19(13-4-3-5-16(24)10-13)27(22(30)21(18)29)23-26-25-12(2)32-23/h3-7,9-11,19,28H,8H2,1-2H3/b20-18-. The first-order chi connectivity index (χ1) is 15.3. The van der Waals surface area contributed by atoms with Crippen molar-refractivity contribution in [3.8, 4) is 5.75 Å². The number of hydrogen-bond donors (Lipinski definition) is 1. The predicted molar refractivity (Wildman–Crippen MR) is 124 cm³/mol. The molecule has 1 saturated heterocycles. The van der Waals surface area contributed by atoms with Crippen molar-refractivity contribution in [2.75, 3.05) is 4.90 Å². The van der Waals surface area contributed by atoms with Crippen LogP contribution in [-0.2, 0) is 16.0 Å². The summed E-state index contributed by atoms with van der Waals surface area (Å²) < 4.78 is 6.53. The van der Waals surface area contributed by atoms with Crippen LogP contribution in [0, 0.1) is 6.92 Å². The van der Waals surface area contributed by atoms with Crippen LogP contribution in [0.15, 0.2) is 52.5 Å². The number of halogens is 1. The monoisotopic (exact) mass is 511 g/mol. The van der Waals surface area contributed by atoms with Gasteiger partial charge in [-0.3, -0.25) is 14.5 Å². The van der Waals surface area contributed by atoms with Crippen molar-refractivity contribution < 1.29 is 19.4 Å². The summed E-state index contributed by atoms with van der Waals surface area (Å²) in [6, 6.07) is 11.8. The van der Waals surface area contributed by atoms with Crippen molar-refractivity contribution in [2.45, 2.75) is 32.4 Å². The lowest BCUT2D eigenvalue weighted by molar-refractivity contribution is -0.132. The second-order valence-corrected chi connectivity index (χ2v) is 9.86. The van der Waals surface area contributed by atoms with Crippen LogP contribution in [0.2, 0.25) is 0 Å². The Morgan fingerprint density at radius 2 is 2.03 bits per heavy atom. The first-order valence-electron chi connectivity index (χ1n) is 10.00. The van der Waals surface area contributed by atoms with Crippen molar-refractivity contribution in [1.29, 1.82) is 0 Å². The molecule has 1 aromatic heterocycles. The van der Waals surface area contributed by atoms with Crippen molar-refractivity contribution >= 4 is 49.8 Å². The molecule has 0 saturated carbocycles. The van der Waals surface area contributed by atoms with Gasteiger partial charge in [-0.25, -0.2) is 0 Å². The lowest BCUT2D eigenvalue weighted by Gasteiger charge is -2.22. The zero-order chi connectivity index (χ0) is 22.6. The number of carbonyl (C=O) groups excluding carboxylic acids is 2. The molecule has 5 rings (SSSR count). The van der Waals surface area contributed by atoms with E-state index in [1.54, 1.807) is 19.1 Å². The number of carbonyl (C=O) groups is 2. The molecule has 3 heterocycles. The molecule has 2 unspecified atom stereocenters. The van der Waals surface area contributed by atoms with E-state index in [-0.39, 0.29) is 17.4 Å². The quantitative estimate of drug-likeness (QED) is 0.314. The first kappa shape index (κ1) is 20.8. The van der Waals surface area contributed by atoms with Crippen LogP contribution in [0.25, 0.3) is 5.76 Å². The van der Waals surface area contributed by atoms with Crippen LogP contribution in [0.5, 0.6) is 5.75 Å². The van der Waals surface area contributed by atoms with Crippen LogP contribution in [0.1, 0.15) is 34.7 Å². The van der Waals surface area contributed by atoms with Gasteiger partial charge in [0, 0.05) is 16.5 Å². The number of aryl methyl sites for hydroxylation is 1. The lowest BCUT2D eigenvalue weighted by atomic mass is 9.94. The maximum atomic E-state index is 13.2. The Labute approximate surface area is 196 Å². The average Bonchev–Trinajstić information content (AvgIpc) is 3.42. The molecule has 9 heteroatoms. The van der Waals surface area contributed by atoms with E-state index in [9.17, 15) is 14.7 Å². The van der Waals surface area contributed by atoms with Crippen LogP contribution >= 0.6 is 27.3 Å². The van der Waals surface area contributed by atoms with Gasteiger partial charge in [0.15, 0.2) is 0 Å². The highest BCUT2D eigenvalue weighted by Gasteiger charge is 2.48.